The quantitative estimate of drug-likeness (QED) is 0.767. The molecule has 1 saturated heterocycles. The van der Waals surface area contributed by atoms with Crippen molar-refractivity contribution in [3.63, 3.8) is 0 Å². The maximum absolute atomic E-state index is 12.7. The molecule has 10 heteroatoms. The number of sulfonamides is 1. The molecule has 0 unspecified atom stereocenters. The Kier molecular flexibility index (Phi) is 5.40. The summed E-state index contributed by atoms with van der Waals surface area (Å²) in [5.74, 6) is 0.216. The summed E-state index contributed by atoms with van der Waals surface area (Å²) in [6, 6.07) is 6.81. The minimum atomic E-state index is -3.51. The first-order valence-corrected chi connectivity index (χ1v) is 10.2. The molecule has 3 rings (SSSR count). The maximum atomic E-state index is 12.7. The van der Waals surface area contributed by atoms with Gasteiger partial charge in [0.25, 0.3) is 0 Å². The molecule has 0 spiro atoms. The van der Waals surface area contributed by atoms with Crippen LogP contribution in [-0.2, 0) is 14.8 Å². The Labute approximate surface area is 150 Å². The number of aryl methyl sites for hydroxylation is 1. The molecule has 25 heavy (non-hydrogen) atoms. The van der Waals surface area contributed by atoms with E-state index in [1.807, 2.05) is 6.92 Å². The normalized spacial score (nSPS) is 16.1. The van der Waals surface area contributed by atoms with Crippen LogP contribution in [0.25, 0.3) is 0 Å². The molecule has 1 amide bonds. The van der Waals surface area contributed by atoms with E-state index in [1.54, 1.807) is 29.2 Å². The number of rotatable bonds is 5. The van der Waals surface area contributed by atoms with E-state index >= 15 is 0 Å². The van der Waals surface area contributed by atoms with E-state index in [2.05, 4.69) is 15.2 Å². The van der Waals surface area contributed by atoms with Crippen molar-refractivity contribution in [2.45, 2.75) is 17.0 Å². The number of hydrogen-bond acceptors (Lipinski definition) is 6. The molecule has 2 heterocycles. The minimum Gasteiger partial charge on any atom is -0.339 e. The minimum absolute atomic E-state index is 0.0335. The third-order valence-electron chi connectivity index (χ3n) is 3.98. The lowest BCUT2D eigenvalue weighted by Gasteiger charge is -2.34. The first kappa shape index (κ1) is 17.9. The molecule has 1 fully saturated rings. The third kappa shape index (κ3) is 4.20. The number of piperazine rings is 1. The van der Waals surface area contributed by atoms with Crippen LogP contribution in [0, 0.1) is 6.92 Å². The fourth-order valence-electron chi connectivity index (χ4n) is 2.52. The number of amides is 1. The molecule has 134 valence electrons. The van der Waals surface area contributed by atoms with Gasteiger partial charge in [0, 0.05) is 26.2 Å². The van der Waals surface area contributed by atoms with Gasteiger partial charge in [-0.15, -0.1) is 0 Å². The van der Waals surface area contributed by atoms with E-state index in [-0.39, 0.29) is 11.7 Å². The second-order valence-corrected chi connectivity index (χ2v) is 8.58. The van der Waals surface area contributed by atoms with Gasteiger partial charge >= 0.3 is 0 Å². The topological polar surface area (TPSA) is 99.3 Å². The van der Waals surface area contributed by atoms with Gasteiger partial charge in [-0.1, -0.05) is 29.5 Å². The Morgan fingerprint density at radius 3 is 2.48 bits per heavy atom. The van der Waals surface area contributed by atoms with Crippen molar-refractivity contribution in [2.75, 3.05) is 31.9 Å². The number of hydrogen-bond donors (Lipinski definition) is 1. The predicted octanol–water partition coefficient (Wildman–Crippen LogP) is 0.738. The molecule has 2 aromatic rings. The number of nitrogens with one attached hydrogen (secondary N) is 1. The van der Waals surface area contributed by atoms with Crippen LogP contribution in [0.1, 0.15) is 5.56 Å². The SMILES string of the molecule is Cc1ccc(S(=O)(=O)N2CCN(C(=O)CSc3ncn[nH]3)CC2)cc1. The van der Waals surface area contributed by atoms with E-state index < -0.39 is 10.0 Å². The van der Waals surface area contributed by atoms with Gasteiger partial charge in [0.15, 0.2) is 5.16 Å². The van der Waals surface area contributed by atoms with Crippen molar-refractivity contribution in [3.8, 4) is 0 Å². The van der Waals surface area contributed by atoms with Gasteiger partial charge in [-0.25, -0.2) is 13.4 Å². The number of carbonyl (C=O) groups is 1. The highest BCUT2D eigenvalue weighted by Gasteiger charge is 2.30. The number of H-pyrrole nitrogens is 1. The fraction of sp³-hybridized carbons (Fsp3) is 0.400. The lowest BCUT2D eigenvalue weighted by molar-refractivity contribution is -0.129. The summed E-state index contributed by atoms with van der Waals surface area (Å²) in [6.45, 7) is 3.29. The van der Waals surface area contributed by atoms with E-state index in [0.717, 1.165) is 5.56 Å². The zero-order valence-electron chi connectivity index (χ0n) is 13.8. The average Bonchev–Trinajstić information content (AvgIpc) is 3.14. The number of aromatic nitrogens is 3. The summed E-state index contributed by atoms with van der Waals surface area (Å²) >= 11 is 1.28. The molecule has 8 nitrogen and oxygen atoms in total. The molecule has 0 saturated carbocycles. The standard InChI is InChI=1S/C15H19N5O3S2/c1-12-2-4-13(5-3-12)25(22,23)20-8-6-19(7-9-20)14(21)10-24-15-16-11-17-18-15/h2-5,11H,6-10H2,1H3,(H,16,17,18). The fourth-order valence-corrected chi connectivity index (χ4v) is 4.63. The molecular weight excluding hydrogens is 362 g/mol. The summed E-state index contributed by atoms with van der Waals surface area (Å²) in [5, 5.41) is 7.01. The van der Waals surface area contributed by atoms with Crippen LogP contribution in [0.15, 0.2) is 40.6 Å². The number of benzene rings is 1. The van der Waals surface area contributed by atoms with Crippen LogP contribution in [0.3, 0.4) is 0 Å². The van der Waals surface area contributed by atoms with E-state index in [1.165, 1.54) is 22.4 Å². The lowest BCUT2D eigenvalue weighted by Crippen LogP contribution is -2.50. The molecule has 0 aliphatic carbocycles. The third-order valence-corrected chi connectivity index (χ3v) is 6.75. The van der Waals surface area contributed by atoms with E-state index in [4.69, 9.17) is 0 Å². The van der Waals surface area contributed by atoms with Crippen LogP contribution in [0.4, 0.5) is 0 Å². The van der Waals surface area contributed by atoms with Crippen LogP contribution in [0.2, 0.25) is 0 Å². The summed E-state index contributed by atoms with van der Waals surface area (Å²) in [7, 11) is -3.51. The predicted molar refractivity (Wildman–Crippen MR) is 93.6 cm³/mol. The van der Waals surface area contributed by atoms with Gasteiger partial charge in [-0.2, -0.15) is 9.40 Å². The second kappa shape index (κ2) is 7.54. The number of nitrogens with zero attached hydrogens (tertiary/aromatic N) is 4. The molecule has 1 aliphatic heterocycles. The highest BCUT2D eigenvalue weighted by Crippen LogP contribution is 2.19. The Bertz CT molecular complexity index is 813. The number of carbonyl (C=O) groups excluding carboxylic acids is 1. The molecule has 1 aliphatic rings. The molecule has 1 aromatic heterocycles. The number of thioether (sulfide) groups is 1. The zero-order chi connectivity index (χ0) is 17.9. The first-order valence-electron chi connectivity index (χ1n) is 7.79. The second-order valence-electron chi connectivity index (χ2n) is 5.68. The lowest BCUT2D eigenvalue weighted by atomic mass is 10.2. The Morgan fingerprint density at radius 2 is 1.88 bits per heavy atom. The molecular formula is C15H19N5O3S2. The molecule has 0 atom stereocenters. The molecule has 0 radical (unpaired) electrons. The summed E-state index contributed by atoms with van der Waals surface area (Å²) in [6.07, 6.45) is 1.39. The zero-order valence-corrected chi connectivity index (χ0v) is 15.4. The van der Waals surface area contributed by atoms with Crippen molar-refractivity contribution < 1.29 is 13.2 Å². The number of aromatic amines is 1. The molecule has 1 N–H and O–H groups in total. The summed E-state index contributed by atoms with van der Waals surface area (Å²) in [4.78, 5) is 18.2. The van der Waals surface area contributed by atoms with Gasteiger partial charge in [-0.3, -0.25) is 9.89 Å². The van der Waals surface area contributed by atoms with Crippen molar-refractivity contribution in [1.29, 1.82) is 0 Å². The molecule has 0 bridgehead atoms. The Morgan fingerprint density at radius 1 is 1.20 bits per heavy atom. The van der Waals surface area contributed by atoms with E-state index in [0.29, 0.717) is 36.2 Å². The van der Waals surface area contributed by atoms with Crippen molar-refractivity contribution in [1.82, 2.24) is 24.4 Å². The van der Waals surface area contributed by atoms with Gasteiger partial charge in [-0.05, 0) is 19.1 Å². The smallest absolute Gasteiger partial charge is 0.243 e. The van der Waals surface area contributed by atoms with Crippen LogP contribution >= 0.6 is 11.8 Å². The maximum Gasteiger partial charge on any atom is 0.243 e. The van der Waals surface area contributed by atoms with Crippen LogP contribution in [0.5, 0.6) is 0 Å². The average molecular weight is 381 g/mol. The van der Waals surface area contributed by atoms with Crippen LogP contribution < -0.4 is 0 Å². The van der Waals surface area contributed by atoms with Gasteiger partial charge in [0.2, 0.25) is 15.9 Å². The van der Waals surface area contributed by atoms with Crippen molar-refractivity contribution in [3.05, 3.63) is 36.2 Å². The highest BCUT2D eigenvalue weighted by atomic mass is 32.2. The Hall–Kier alpha value is -1.91. The van der Waals surface area contributed by atoms with Crippen molar-refractivity contribution >= 4 is 27.7 Å². The first-order chi connectivity index (χ1) is 12.0. The Balaban J connectivity index is 1.55. The summed E-state index contributed by atoms with van der Waals surface area (Å²) < 4.78 is 26.7. The largest absolute Gasteiger partial charge is 0.339 e. The van der Waals surface area contributed by atoms with Crippen LogP contribution in [-0.4, -0.2) is 70.6 Å². The molecule has 1 aromatic carbocycles. The highest BCUT2D eigenvalue weighted by molar-refractivity contribution is 7.99. The van der Waals surface area contributed by atoms with Crippen molar-refractivity contribution in [2.24, 2.45) is 0 Å². The van der Waals surface area contributed by atoms with Gasteiger partial charge in [0.1, 0.15) is 6.33 Å². The monoisotopic (exact) mass is 381 g/mol. The van der Waals surface area contributed by atoms with Gasteiger partial charge < -0.3 is 4.90 Å². The summed E-state index contributed by atoms with van der Waals surface area (Å²) in [5.41, 5.74) is 1.01. The van der Waals surface area contributed by atoms with Gasteiger partial charge in [0.05, 0.1) is 10.6 Å². The van der Waals surface area contributed by atoms with E-state index in [9.17, 15) is 13.2 Å².